The van der Waals surface area contributed by atoms with E-state index in [1.54, 1.807) is 0 Å². The Morgan fingerprint density at radius 2 is 1.65 bits per heavy atom. The van der Waals surface area contributed by atoms with Gasteiger partial charge in [0.1, 0.15) is 12.6 Å². The molecule has 198 valence electrons. The second kappa shape index (κ2) is 9.34. The van der Waals surface area contributed by atoms with Crippen molar-refractivity contribution in [2.75, 3.05) is 18.2 Å². The van der Waals surface area contributed by atoms with Crippen LogP contribution in [0.3, 0.4) is 0 Å². The maximum absolute atomic E-state index is 13.4. The van der Waals surface area contributed by atoms with E-state index in [1.165, 1.54) is 18.2 Å². The lowest BCUT2D eigenvalue weighted by molar-refractivity contribution is -0.283. The Hall–Kier alpha value is -3.64. The van der Waals surface area contributed by atoms with Gasteiger partial charge in [-0.15, -0.1) is 0 Å². The number of benzene rings is 2. The maximum Gasteiger partial charge on any atom is 0.420 e. The molecule has 1 aliphatic heterocycles. The average Bonchev–Trinajstić information content (AvgIpc) is 3.17. The fourth-order valence-electron chi connectivity index (χ4n) is 3.96. The molecule has 0 aliphatic carbocycles. The maximum atomic E-state index is 13.4. The molecule has 2 amide bonds. The number of nitriles is 1. The number of hydrogen-bond donors (Lipinski definition) is 2. The normalized spacial score (nSPS) is 16.2. The highest BCUT2D eigenvalue weighted by molar-refractivity contribution is 7.90. The number of fused-ring (bicyclic) bond motifs is 1. The lowest BCUT2D eigenvalue weighted by atomic mass is 9.80. The highest BCUT2D eigenvalue weighted by Gasteiger charge is 2.72. The summed E-state index contributed by atoms with van der Waals surface area (Å²) in [6, 6.07) is 4.94. The van der Waals surface area contributed by atoms with Gasteiger partial charge in [-0.25, -0.2) is 8.42 Å². The fraction of sp³-hybridized carbons (Fsp3) is 0.318. The first-order valence-electron chi connectivity index (χ1n) is 10.2. The highest BCUT2D eigenvalue weighted by atomic mass is 32.2. The van der Waals surface area contributed by atoms with Gasteiger partial charge in [0.2, 0.25) is 5.91 Å². The minimum Gasteiger partial charge on any atom is -0.387 e. The number of nitrogens with zero attached hydrogens (tertiary/aromatic N) is 2. The summed E-state index contributed by atoms with van der Waals surface area (Å²) in [6.45, 7) is -1.23. The molecule has 0 saturated heterocycles. The molecule has 1 unspecified atom stereocenters. The van der Waals surface area contributed by atoms with Crippen molar-refractivity contribution in [2.45, 2.75) is 35.2 Å². The van der Waals surface area contributed by atoms with Crippen molar-refractivity contribution in [1.82, 2.24) is 4.90 Å². The lowest BCUT2D eigenvalue weighted by Crippen LogP contribution is -2.52. The number of halogens is 6. The Morgan fingerprint density at radius 1 is 1.08 bits per heavy atom. The molecule has 0 aromatic heterocycles. The molecule has 2 N–H and O–H groups in total. The van der Waals surface area contributed by atoms with Crippen LogP contribution in [0.2, 0.25) is 0 Å². The highest BCUT2D eigenvalue weighted by Crippen LogP contribution is 2.51. The number of rotatable bonds is 5. The van der Waals surface area contributed by atoms with Crippen molar-refractivity contribution in [1.29, 1.82) is 5.26 Å². The van der Waals surface area contributed by atoms with Crippen LogP contribution >= 0.6 is 0 Å². The molecule has 0 spiro atoms. The number of hydrogen-bond acceptors (Lipinski definition) is 6. The van der Waals surface area contributed by atoms with Gasteiger partial charge in [0.05, 0.1) is 11.0 Å². The standard InChI is InChI=1S/C22H17F6N3O5S/c1-37(35,36)15-6-7-16-12(8-15)9-31(17(33)10-32)18(16)19(34)30-14-4-2-13(3-5-14)20(11-29,21(23,24)25)22(26,27)28/h2-8,18,32H,9-10H2,1H3,(H,30,34). The largest absolute Gasteiger partial charge is 0.420 e. The van der Waals surface area contributed by atoms with Gasteiger partial charge in [0.15, 0.2) is 9.84 Å². The summed E-state index contributed by atoms with van der Waals surface area (Å²) in [5.74, 6) is -1.82. The van der Waals surface area contributed by atoms with Crippen molar-refractivity contribution < 1.29 is 49.5 Å². The van der Waals surface area contributed by atoms with Crippen LogP contribution in [0, 0.1) is 11.3 Å². The van der Waals surface area contributed by atoms with E-state index in [2.05, 4.69) is 5.32 Å². The number of carbonyl (C=O) groups excluding carboxylic acids is 2. The van der Waals surface area contributed by atoms with Gasteiger partial charge >= 0.3 is 12.4 Å². The van der Waals surface area contributed by atoms with Crippen LogP contribution in [0.15, 0.2) is 47.4 Å². The van der Waals surface area contributed by atoms with E-state index in [9.17, 15) is 49.5 Å². The van der Waals surface area contributed by atoms with E-state index in [0.29, 0.717) is 18.2 Å². The predicted molar refractivity (Wildman–Crippen MR) is 114 cm³/mol. The third-order valence-electron chi connectivity index (χ3n) is 5.80. The molecule has 0 bridgehead atoms. The van der Waals surface area contributed by atoms with Crippen molar-refractivity contribution in [2.24, 2.45) is 0 Å². The van der Waals surface area contributed by atoms with Gasteiger partial charge in [-0.3, -0.25) is 9.59 Å². The molecule has 37 heavy (non-hydrogen) atoms. The Morgan fingerprint density at radius 3 is 2.11 bits per heavy atom. The molecule has 1 heterocycles. The quantitative estimate of drug-likeness (QED) is 0.553. The van der Waals surface area contributed by atoms with Crippen LogP contribution in [-0.2, 0) is 31.4 Å². The van der Waals surface area contributed by atoms with Crippen molar-refractivity contribution >= 4 is 27.3 Å². The second-order valence-electron chi connectivity index (χ2n) is 8.14. The summed E-state index contributed by atoms with van der Waals surface area (Å²) in [6.07, 6.45) is -11.0. The van der Waals surface area contributed by atoms with Gasteiger partial charge in [-0.1, -0.05) is 18.2 Å². The zero-order valence-electron chi connectivity index (χ0n) is 18.7. The summed E-state index contributed by atoms with van der Waals surface area (Å²) in [7, 11) is -3.63. The lowest BCUT2D eigenvalue weighted by Gasteiger charge is -2.31. The summed E-state index contributed by atoms with van der Waals surface area (Å²) >= 11 is 0. The first kappa shape index (κ1) is 27.9. The van der Waals surface area contributed by atoms with Crippen molar-refractivity contribution in [3.05, 3.63) is 59.2 Å². The van der Waals surface area contributed by atoms with Crippen LogP contribution in [0.25, 0.3) is 0 Å². The monoisotopic (exact) mass is 549 g/mol. The summed E-state index contributed by atoms with van der Waals surface area (Å²) in [5, 5.41) is 20.4. The minimum atomic E-state index is -5.99. The Balaban J connectivity index is 1.96. The molecule has 0 saturated carbocycles. The number of nitrogens with one attached hydrogen (secondary N) is 1. The van der Waals surface area contributed by atoms with E-state index in [4.69, 9.17) is 5.26 Å². The Labute approximate surface area is 206 Å². The zero-order valence-corrected chi connectivity index (χ0v) is 19.5. The van der Waals surface area contributed by atoms with Crippen molar-refractivity contribution in [3.8, 4) is 6.07 Å². The van der Waals surface area contributed by atoms with Gasteiger partial charge in [-0.2, -0.15) is 31.6 Å². The molecule has 0 fully saturated rings. The topological polar surface area (TPSA) is 128 Å². The first-order valence-corrected chi connectivity index (χ1v) is 12.1. The van der Waals surface area contributed by atoms with Crippen LogP contribution < -0.4 is 5.32 Å². The molecular weight excluding hydrogens is 532 g/mol. The summed E-state index contributed by atoms with van der Waals surface area (Å²) < 4.78 is 104. The van der Waals surface area contributed by atoms with Gasteiger partial charge < -0.3 is 15.3 Å². The number of aliphatic hydroxyl groups excluding tert-OH is 1. The van der Waals surface area contributed by atoms with Crippen LogP contribution in [0.5, 0.6) is 0 Å². The fourth-order valence-corrected chi connectivity index (χ4v) is 4.63. The minimum absolute atomic E-state index is 0.0883. The Bertz CT molecular complexity index is 1370. The third kappa shape index (κ3) is 4.86. The SMILES string of the molecule is CS(=O)(=O)c1ccc2c(c1)CN(C(=O)CO)C2C(=O)Nc1ccc(C(C#N)(C(F)(F)F)C(F)(F)F)cc1. The molecule has 1 atom stereocenters. The Kier molecular flexibility index (Phi) is 7.06. The van der Waals surface area contributed by atoms with Gasteiger partial charge in [-0.05, 0) is 41.0 Å². The van der Waals surface area contributed by atoms with Crippen LogP contribution in [0.1, 0.15) is 22.7 Å². The van der Waals surface area contributed by atoms with E-state index in [-0.39, 0.29) is 28.3 Å². The average molecular weight is 549 g/mol. The van der Waals surface area contributed by atoms with E-state index >= 15 is 0 Å². The van der Waals surface area contributed by atoms with E-state index < -0.39 is 57.6 Å². The van der Waals surface area contributed by atoms with Crippen LogP contribution in [-0.4, -0.2) is 55.5 Å². The molecule has 15 heteroatoms. The molecule has 1 aliphatic rings. The third-order valence-corrected chi connectivity index (χ3v) is 6.91. The molecule has 0 radical (unpaired) electrons. The number of alkyl halides is 6. The number of carbonyl (C=O) groups is 2. The predicted octanol–water partition coefficient (Wildman–Crippen LogP) is 2.99. The molecule has 2 aromatic rings. The number of anilines is 1. The zero-order chi connectivity index (χ0) is 28.0. The van der Waals surface area contributed by atoms with Crippen molar-refractivity contribution in [3.63, 3.8) is 0 Å². The second-order valence-corrected chi connectivity index (χ2v) is 10.2. The molecule has 8 nitrogen and oxygen atoms in total. The number of aliphatic hydroxyl groups is 1. The van der Waals surface area contributed by atoms with Gasteiger partial charge in [0.25, 0.3) is 11.3 Å². The summed E-state index contributed by atoms with van der Waals surface area (Å²) in [5.41, 5.74) is -5.96. The van der Waals surface area contributed by atoms with Crippen LogP contribution in [0.4, 0.5) is 32.0 Å². The summed E-state index contributed by atoms with van der Waals surface area (Å²) in [4.78, 5) is 26.1. The first-order chi connectivity index (χ1) is 17.0. The number of sulfone groups is 1. The van der Waals surface area contributed by atoms with E-state index in [0.717, 1.165) is 23.3 Å². The smallest absolute Gasteiger partial charge is 0.387 e. The van der Waals surface area contributed by atoms with E-state index in [1.807, 2.05) is 0 Å². The van der Waals surface area contributed by atoms with Gasteiger partial charge in [0, 0.05) is 18.5 Å². The molecule has 3 rings (SSSR count). The number of amides is 2. The molecular formula is C22H17F6N3O5S. The molecule has 2 aromatic carbocycles.